The fourth-order valence-corrected chi connectivity index (χ4v) is 2.50. The Morgan fingerprint density at radius 1 is 1.14 bits per heavy atom. The fourth-order valence-electron chi connectivity index (χ4n) is 1.94. The average Bonchev–Trinajstić information content (AvgIpc) is 2.94. The monoisotopic (exact) mass is 303 g/mol. The van der Waals surface area contributed by atoms with Crippen LogP contribution in [-0.2, 0) is 11.3 Å². The molecule has 1 aromatic heterocycles. The van der Waals surface area contributed by atoms with Gasteiger partial charge in [-0.15, -0.1) is 11.3 Å². The molecular formula is C15H17N3O2S. The van der Waals surface area contributed by atoms with Crippen molar-refractivity contribution in [2.75, 3.05) is 6.54 Å². The number of aromatic nitrogens is 1. The number of hydrogen-bond donors (Lipinski definition) is 2. The molecule has 110 valence electrons. The highest BCUT2D eigenvalue weighted by Gasteiger charge is 2.09. The van der Waals surface area contributed by atoms with Crippen LogP contribution in [-0.4, -0.2) is 23.3 Å². The maximum atomic E-state index is 12.0. The van der Waals surface area contributed by atoms with Crippen LogP contribution in [0.15, 0.2) is 29.1 Å². The van der Waals surface area contributed by atoms with Gasteiger partial charge in [0.25, 0.3) is 5.91 Å². The second-order valence-electron chi connectivity index (χ2n) is 4.82. The summed E-state index contributed by atoms with van der Waals surface area (Å²) in [5.74, 6) is -0.480. The van der Waals surface area contributed by atoms with Gasteiger partial charge >= 0.3 is 0 Å². The number of carbonyl (C=O) groups excluding carboxylic acids is 2. The molecule has 2 amide bonds. The van der Waals surface area contributed by atoms with Crippen LogP contribution < -0.4 is 10.6 Å². The van der Waals surface area contributed by atoms with Gasteiger partial charge in [0, 0.05) is 10.9 Å². The Hall–Kier alpha value is -2.21. The third-order valence-electron chi connectivity index (χ3n) is 2.84. The zero-order chi connectivity index (χ0) is 15.2. The second-order valence-corrected chi connectivity index (χ2v) is 5.53. The molecule has 0 atom stereocenters. The summed E-state index contributed by atoms with van der Waals surface area (Å²) in [4.78, 5) is 27.7. The Morgan fingerprint density at radius 2 is 1.86 bits per heavy atom. The molecule has 1 aromatic carbocycles. The third-order valence-corrected chi connectivity index (χ3v) is 3.48. The number of carbonyl (C=O) groups is 2. The van der Waals surface area contributed by atoms with Gasteiger partial charge in [0.15, 0.2) is 0 Å². The minimum Gasteiger partial charge on any atom is -0.349 e. The molecule has 2 rings (SSSR count). The summed E-state index contributed by atoms with van der Waals surface area (Å²) in [7, 11) is 0. The Kier molecular flexibility index (Phi) is 5.05. The number of amides is 2. The molecule has 2 aromatic rings. The average molecular weight is 303 g/mol. The predicted molar refractivity (Wildman–Crippen MR) is 82.2 cm³/mol. The van der Waals surface area contributed by atoms with Crippen LogP contribution in [0.25, 0.3) is 0 Å². The van der Waals surface area contributed by atoms with Crippen LogP contribution >= 0.6 is 11.3 Å². The largest absolute Gasteiger partial charge is 0.349 e. The van der Waals surface area contributed by atoms with Crippen molar-refractivity contribution >= 4 is 23.2 Å². The lowest BCUT2D eigenvalue weighted by Gasteiger charge is -2.07. The number of nitrogens with zero attached hydrogens (tertiary/aromatic N) is 1. The van der Waals surface area contributed by atoms with Gasteiger partial charge in [0.05, 0.1) is 24.3 Å². The minimum absolute atomic E-state index is 0.0457. The van der Waals surface area contributed by atoms with E-state index in [4.69, 9.17) is 0 Å². The number of aryl methyl sites for hydroxylation is 2. The zero-order valence-electron chi connectivity index (χ0n) is 12.0. The summed E-state index contributed by atoms with van der Waals surface area (Å²) in [6, 6.07) is 5.60. The van der Waals surface area contributed by atoms with Gasteiger partial charge in [-0.3, -0.25) is 9.59 Å². The zero-order valence-corrected chi connectivity index (χ0v) is 12.8. The van der Waals surface area contributed by atoms with Crippen molar-refractivity contribution in [3.05, 3.63) is 51.5 Å². The predicted octanol–water partition coefficient (Wildman–Crippen LogP) is 1.81. The van der Waals surface area contributed by atoms with Gasteiger partial charge in [0.1, 0.15) is 0 Å². The van der Waals surface area contributed by atoms with Gasteiger partial charge in [-0.2, -0.15) is 0 Å². The first-order valence-electron chi connectivity index (χ1n) is 6.55. The van der Waals surface area contributed by atoms with Crippen molar-refractivity contribution in [3.63, 3.8) is 0 Å². The lowest BCUT2D eigenvalue weighted by atomic mass is 10.1. The first kappa shape index (κ1) is 15.2. The molecule has 2 N–H and O–H groups in total. The topological polar surface area (TPSA) is 71.1 Å². The molecule has 0 aliphatic heterocycles. The first-order valence-corrected chi connectivity index (χ1v) is 7.49. The Balaban J connectivity index is 1.81. The molecule has 0 aliphatic carbocycles. The number of benzene rings is 1. The first-order chi connectivity index (χ1) is 10.0. The molecule has 0 unspecified atom stereocenters. The van der Waals surface area contributed by atoms with Gasteiger partial charge in [-0.1, -0.05) is 17.2 Å². The highest BCUT2D eigenvalue weighted by molar-refractivity contribution is 7.07. The van der Waals surface area contributed by atoms with E-state index in [0.717, 1.165) is 16.8 Å². The third kappa shape index (κ3) is 4.68. The number of rotatable bonds is 5. The maximum Gasteiger partial charge on any atom is 0.251 e. The molecule has 0 aliphatic rings. The Bertz CT molecular complexity index is 618. The molecule has 0 fully saturated rings. The van der Waals surface area contributed by atoms with Crippen molar-refractivity contribution < 1.29 is 9.59 Å². The van der Waals surface area contributed by atoms with E-state index in [1.807, 2.05) is 25.3 Å². The van der Waals surface area contributed by atoms with E-state index >= 15 is 0 Å². The van der Waals surface area contributed by atoms with Crippen molar-refractivity contribution in [3.8, 4) is 0 Å². The molecule has 0 radical (unpaired) electrons. The van der Waals surface area contributed by atoms with Gasteiger partial charge in [0.2, 0.25) is 5.91 Å². The summed E-state index contributed by atoms with van der Waals surface area (Å²) in [6.45, 7) is 4.20. The van der Waals surface area contributed by atoms with E-state index in [0.29, 0.717) is 12.1 Å². The molecule has 21 heavy (non-hydrogen) atoms. The number of hydrogen-bond acceptors (Lipinski definition) is 4. The lowest BCUT2D eigenvalue weighted by Crippen LogP contribution is -2.36. The van der Waals surface area contributed by atoms with Crippen LogP contribution in [0.4, 0.5) is 0 Å². The highest BCUT2D eigenvalue weighted by Crippen LogP contribution is 2.08. The van der Waals surface area contributed by atoms with Gasteiger partial charge in [-0.25, -0.2) is 4.98 Å². The van der Waals surface area contributed by atoms with E-state index in [1.165, 1.54) is 11.3 Å². The molecular weight excluding hydrogens is 286 g/mol. The molecule has 5 nitrogen and oxygen atoms in total. The smallest absolute Gasteiger partial charge is 0.251 e. The SMILES string of the molecule is Cc1cc(C)cc(C(=O)NCC(=O)NCc2cscn2)c1. The number of thiazole rings is 1. The van der Waals surface area contributed by atoms with Crippen LogP contribution in [0.3, 0.4) is 0 Å². The van der Waals surface area contributed by atoms with Crippen molar-refractivity contribution in [1.82, 2.24) is 15.6 Å². The number of nitrogens with one attached hydrogen (secondary N) is 2. The molecule has 6 heteroatoms. The van der Waals surface area contributed by atoms with Crippen LogP contribution in [0.2, 0.25) is 0 Å². The van der Waals surface area contributed by atoms with Gasteiger partial charge < -0.3 is 10.6 Å². The maximum absolute atomic E-state index is 12.0. The second kappa shape index (κ2) is 6.99. The van der Waals surface area contributed by atoms with E-state index in [9.17, 15) is 9.59 Å². The summed E-state index contributed by atoms with van der Waals surface area (Å²) < 4.78 is 0. The standard InChI is InChI=1S/C15H17N3O2S/c1-10-3-11(2)5-12(4-10)15(20)17-7-14(19)16-6-13-8-21-9-18-13/h3-5,8-9H,6-7H2,1-2H3,(H,16,19)(H,17,20). The molecule has 1 heterocycles. The minimum atomic E-state index is -0.245. The Labute approximate surface area is 127 Å². The van der Waals surface area contributed by atoms with Crippen molar-refractivity contribution in [2.45, 2.75) is 20.4 Å². The molecule has 0 spiro atoms. The normalized spacial score (nSPS) is 10.2. The quantitative estimate of drug-likeness (QED) is 0.885. The summed E-state index contributed by atoms with van der Waals surface area (Å²) in [5, 5.41) is 7.19. The molecule has 0 saturated carbocycles. The van der Waals surface area contributed by atoms with Crippen LogP contribution in [0.1, 0.15) is 27.2 Å². The van der Waals surface area contributed by atoms with E-state index in [1.54, 1.807) is 17.6 Å². The van der Waals surface area contributed by atoms with Crippen molar-refractivity contribution in [1.29, 1.82) is 0 Å². The van der Waals surface area contributed by atoms with E-state index in [-0.39, 0.29) is 18.4 Å². The summed E-state index contributed by atoms with van der Waals surface area (Å²) in [5.41, 5.74) is 5.14. The van der Waals surface area contributed by atoms with E-state index in [2.05, 4.69) is 15.6 Å². The summed E-state index contributed by atoms with van der Waals surface area (Å²) in [6.07, 6.45) is 0. The summed E-state index contributed by atoms with van der Waals surface area (Å²) >= 11 is 1.48. The molecule has 0 saturated heterocycles. The highest BCUT2D eigenvalue weighted by atomic mass is 32.1. The lowest BCUT2D eigenvalue weighted by molar-refractivity contribution is -0.120. The van der Waals surface area contributed by atoms with Crippen LogP contribution in [0, 0.1) is 13.8 Å². The fraction of sp³-hybridized carbons (Fsp3) is 0.267. The Morgan fingerprint density at radius 3 is 2.48 bits per heavy atom. The van der Waals surface area contributed by atoms with Crippen LogP contribution in [0.5, 0.6) is 0 Å². The van der Waals surface area contributed by atoms with Gasteiger partial charge in [-0.05, 0) is 26.0 Å². The van der Waals surface area contributed by atoms with Crippen molar-refractivity contribution in [2.24, 2.45) is 0 Å². The van der Waals surface area contributed by atoms with E-state index < -0.39 is 0 Å². The molecule has 0 bridgehead atoms.